The van der Waals surface area contributed by atoms with E-state index in [2.05, 4.69) is 30.9 Å². The zero-order valence-electron chi connectivity index (χ0n) is 20.3. The highest BCUT2D eigenvalue weighted by atomic mass is 19.1. The molecule has 1 saturated heterocycles. The van der Waals surface area contributed by atoms with E-state index in [4.69, 9.17) is 0 Å². The first-order valence-corrected chi connectivity index (χ1v) is 11.8. The fraction of sp³-hybridized carbons (Fsp3) is 0.462. The van der Waals surface area contributed by atoms with Crippen molar-refractivity contribution in [2.24, 2.45) is 0 Å². The van der Waals surface area contributed by atoms with Gasteiger partial charge in [-0.15, -0.1) is 0 Å². The number of fused-ring (bicyclic) bond motifs is 1. The van der Waals surface area contributed by atoms with Gasteiger partial charge in [-0.3, -0.25) is 9.59 Å². The molecule has 5 rings (SSSR count). The summed E-state index contributed by atoms with van der Waals surface area (Å²) in [5.74, 6) is -0.594. The minimum absolute atomic E-state index is 0.00883. The van der Waals surface area contributed by atoms with Gasteiger partial charge in [-0.2, -0.15) is 5.10 Å². The fourth-order valence-electron chi connectivity index (χ4n) is 4.68. The highest BCUT2D eigenvalue weighted by Gasteiger charge is 2.48. The van der Waals surface area contributed by atoms with Gasteiger partial charge in [0, 0.05) is 30.3 Å². The van der Waals surface area contributed by atoms with Crippen molar-refractivity contribution in [3.63, 3.8) is 0 Å². The molecule has 0 unspecified atom stereocenters. The molecule has 3 heterocycles. The first kappa shape index (κ1) is 22.5. The van der Waals surface area contributed by atoms with Gasteiger partial charge in [-0.25, -0.2) is 13.9 Å². The molecular weight excluding hydrogens is 433 g/mol. The van der Waals surface area contributed by atoms with E-state index < -0.39 is 5.54 Å². The van der Waals surface area contributed by atoms with E-state index in [-0.39, 0.29) is 28.7 Å². The van der Waals surface area contributed by atoms with Crippen molar-refractivity contribution in [3.8, 4) is 11.3 Å². The number of imidazole rings is 1. The molecule has 0 atom stereocenters. The second kappa shape index (κ2) is 7.61. The lowest BCUT2D eigenvalue weighted by Crippen LogP contribution is -2.65. The minimum Gasteiger partial charge on any atom is -0.336 e. The van der Waals surface area contributed by atoms with Crippen LogP contribution in [0.1, 0.15) is 63.5 Å². The largest absolute Gasteiger partial charge is 0.336 e. The lowest BCUT2D eigenvalue weighted by Gasteiger charge is -2.45. The number of benzene rings is 1. The molecule has 2 amide bonds. The van der Waals surface area contributed by atoms with Gasteiger partial charge in [0.25, 0.3) is 5.91 Å². The Hall–Kier alpha value is -3.29. The third-order valence-corrected chi connectivity index (χ3v) is 6.85. The molecule has 0 N–H and O–H groups in total. The van der Waals surface area contributed by atoms with Crippen LogP contribution in [0.25, 0.3) is 16.9 Å². The maximum absolute atomic E-state index is 13.6. The Morgan fingerprint density at radius 1 is 1.12 bits per heavy atom. The third-order valence-electron chi connectivity index (χ3n) is 6.85. The summed E-state index contributed by atoms with van der Waals surface area (Å²) in [5.41, 5.74) is 2.02. The van der Waals surface area contributed by atoms with E-state index in [1.54, 1.807) is 27.7 Å². The Morgan fingerprint density at radius 2 is 1.79 bits per heavy atom. The Morgan fingerprint density at radius 3 is 2.41 bits per heavy atom. The van der Waals surface area contributed by atoms with Gasteiger partial charge in [0.05, 0.1) is 11.9 Å². The lowest BCUT2D eigenvalue weighted by molar-refractivity contribution is -0.147. The number of rotatable bonds is 3. The number of nitrogens with zero attached hydrogens (tertiary/aromatic N) is 5. The van der Waals surface area contributed by atoms with Crippen molar-refractivity contribution in [1.82, 2.24) is 24.4 Å². The van der Waals surface area contributed by atoms with Crippen LogP contribution in [0.3, 0.4) is 0 Å². The Kier molecular flexibility index (Phi) is 5.04. The Bertz CT molecular complexity index is 1290. The van der Waals surface area contributed by atoms with Crippen LogP contribution in [-0.4, -0.2) is 60.9 Å². The van der Waals surface area contributed by atoms with Crippen molar-refractivity contribution in [2.75, 3.05) is 13.1 Å². The average molecular weight is 464 g/mol. The maximum Gasteiger partial charge on any atom is 0.275 e. The number of piperazine rings is 1. The molecule has 2 fully saturated rings. The molecule has 3 aromatic rings. The summed E-state index contributed by atoms with van der Waals surface area (Å²) in [4.78, 5) is 34.9. The number of carbonyl (C=O) groups excluding carboxylic acids is 2. The Balaban J connectivity index is 1.55. The van der Waals surface area contributed by atoms with Crippen LogP contribution in [0.5, 0.6) is 0 Å². The average Bonchev–Trinajstić information content (AvgIpc) is 3.52. The second-order valence-corrected chi connectivity index (χ2v) is 10.8. The molecule has 8 heteroatoms. The molecule has 2 aromatic heterocycles. The van der Waals surface area contributed by atoms with Crippen LogP contribution < -0.4 is 0 Å². The molecule has 1 saturated carbocycles. The van der Waals surface area contributed by atoms with Crippen molar-refractivity contribution in [1.29, 1.82) is 0 Å². The quantitative estimate of drug-likeness (QED) is 0.587. The van der Waals surface area contributed by atoms with Crippen LogP contribution in [0.15, 0.2) is 36.5 Å². The number of amides is 2. The summed E-state index contributed by atoms with van der Waals surface area (Å²) < 4.78 is 15.1. The highest BCUT2D eigenvalue weighted by Crippen LogP contribution is 2.34. The second-order valence-electron chi connectivity index (χ2n) is 10.8. The van der Waals surface area contributed by atoms with E-state index in [9.17, 15) is 14.0 Å². The monoisotopic (exact) mass is 463 g/mol. The highest BCUT2D eigenvalue weighted by molar-refractivity contribution is 5.99. The number of aromatic nitrogens is 3. The van der Waals surface area contributed by atoms with E-state index in [0.29, 0.717) is 30.5 Å². The van der Waals surface area contributed by atoms with Crippen molar-refractivity contribution >= 4 is 17.5 Å². The maximum atomic E-state index is 13.6. The molecular formula is C26H30FN5O2. The topological polar surface area (TPSA) is 70.8 Å². The van der Waals surface area contributed by atoms with E-state index >= 15 is 0 Å². The summed E-state index contributed by atoms with van der Waals surface area (Å²) in [6, 6.07) is 8.45. The molecule has 34 heavy (non-hydrogen) atoms. The van der Waals surface area contributed by atoms with Crippen LogP contribution in [-0.2, 0) is 10.2 Å². The lowest BCUT2D eigenvalue weighted by atomic mass is 9.87. The SMILES string of the molecule is CC(C)(C)c1cc(-c2ccc(F)cc2)nn2cc(C(=O)N3CCN(C4CC4)C(=O)C3(C)C)nc12. The Labute approximate surface area is 198 Å². The molecule has 1 aromatic carbocycles. The van der Waals surface area contributed by atoms with Gasteiger partial charge >= 0.3 is 0 Å². The van der Waals surface area contributed by atoms with Gasteiger partial charge in [0.1, 0.15) is 17.1 Å². The standard InChI is InChI=1S/C26H30FN5O2/c1-25(2,3)19-14-20(16-6-8-17(27)9-7-16)29-32-15-21(28-22(19)32)23(33)31-13-12-30(18-10-11-18)24(34)26(31,4)5/h6-9,14-15,18H,10-13H2,1-5H3. The van der Waals surface area contributed by atoms with Crippen LogP contribution in [0, 0.1) is 5.82 Å². The molecule has 1 aliphatic carbocycles. The zero-order chi connectivity index (χ0) is 24.4. The molecule has 0 spiro atoms. The third kappa shape index (κ3) is 3.75. The van der Waals surface area contributed by atoms with Gasteiger partial charge < -0.3 is 9.80 Å². The first-order valence-electron chi connectivity index (χ1n) is 11.8. The number of carbonyl (C=O) groups is 2. The first-order chi connectivity index (χ1) is 16.0. The number of hydrogen-bond acceptors (Lipinski definition) is 4. The molecule has 0 radical (unpaired) electrons. The number of halogens is 1. The van der Waals surface area contributed by atoms with Gasteiger partial charge in [-0.05, 0) is 62.4 Å². The normalized spacial score (nSPS) is 18.6. The molecule has 0 bridgehead atoms. The predicted octanol–water partition coefficient (Wildman–Crippen LogP) is 4.06. The van der Waals surface area contributed by atoms with Gasteiger partial charge in [0.2, 0.25) is 5.91 Å². The minimum atomic E-state index is -0.937. The van der Waals surface area contributed by atoms with Crippen molar-refractivity contribution in [2.45, 2.75) is 64.5 Å². The van der Waals surface area contributed by atoms with Crippen LogP contribution in [0.4, 0.5) is 4.39 Å². The van der Waals surface area contributed by atoms with Crippen LogP contribution in [0.2, 0.25) is 0 Å². The van der Waals surface area contributed by atoms with Crippen molar-refractivity contribution in [3.05, 3.63) is 53.6 Å². The molecule has 2 aliphatic rings. The number of hydrogen-bond donors (Lipinski definition) is 0. The van der Waals surface area contributed by atoms with Crippen molar-refractivity contribution < 1.29 is 14.0 Å². The smallest absolute Gasteiger partial charge is 0.275 e. The fourth-order valence-corrected chi connectivity index (χ4v) is 4.68. The summed E-state index contributed by atoms with van der Waals surface area (Å²) >= 11 is 0. The zero-order valence-corrected chi connectivity index (χ0v) is 20.3. The molecule has 7 nitrogen and oxygen atoms in total. The molecule has 1 aliphatic heterocycles. The summed E-state index contributed by atoms with van der Waals surface area (Å²) in [6.45, 7) is 10.9. The van der Waals surface area contributed by atoms with Crippen LogP contribution >= 0.6 is 0 Å². The van der Waals surface area contributed by atoms with E-state index in [1.807, 2.05) is 24.8 Å². The van der Waals surface area contributed by atoms with E-state index in [0.717, 1.165) is 24.0 Å². The van der Waals surface area contributed by atoms with Gasteiger partial charge in [0.15, 0.2) is 5.65 Å². The summed E-state index contributed by atoms with van der Waals surface area (Å²) in [7, 11) is 0. The van der Waals surface area contributed by atoms with E-state index in [1.165, 1.54) is 12.1 Å². The summed E-state index contributed by atoms with van der Waals surface area (Å²) in [5, 5.41) is 4.68. The van der Waals surface area contributed by atoms with Gasteiger partial charge in [-0.1, -0.05) is 20.8 Å². The predicted molar refractivity (Wildman–Crippen MR) is 127 cm³/mol. The summed E-state index contributed by atoms with van der Waals surface area (Å²) in [6.07, 6.45) is 3.72. The molecule has 178 valence electrons.